The zero-order valence-corrected chi connectivity index (χ0v) is 9.56. The van der Waals surface area contributed by atoms with Crippen molar-refractivity contribution in [2.45, 2.75) is 33.6 Å². The summed E-state index contributed by atoms with van der Waals surface area (Å²) in [6.45, 7) is 5.86. The van der Waals surface area contributed by atoms with Gasteiger partial charge in [0.1, 0.15) is 11.7 Å². The van der Waals surface area contributed by atoms with Crippen molar-refractivity contribution in [3.05, 3.63) is 47.6 Å². The van der Waals surface area contributed by atoms with Crippen LogP contribution >= 0.6 is 0 Å². The summed E-state index contributed by atoms with van der Waals surface area (Å²) in [6, 6.07) is 0. The van der Waals surface area contributed by atoms with Gasteiger partial charge in [-0.15, -0.1) is 0 Å². The van der Waals surface area contributed by atoms with Crippen LogP contribution < -0.4 is 0 Å². The Hall–Kier alpha value is -1.18. The van der Waals surface area contributed by atoms with Gasteiger partial charge in [0.05, 0.1) is 0 Å². The van der Waals surface area contributed by atoms with Gasteiger partial charge in [0.2, 0.25) is 0 Å². The zero-order valence-electron chi connectivity index (χ0n) is 9.56. The molecule has 0 aromatic rings. The van der Waals surface area contributed by atoms with Crippen LogP contribution in [-0.4, -0.2) is 0 Å². The molecule has 0 unspecified atom stereocenters. The molecule has 0 aromatic carbocycles. The zero-order chi connectivity index (χ0) is 11.7. The largest absolute Gasteiger partial charge is 0.207 e. The van der Waals surface area contributed by atoms with E-state index in [-0.39, 0.29) is 11.7 Å². The Morgan fingerprint density at radius 3 is 2.67 bits per heavy atom. The molecule has 0 radical (unpaired) electrons. The number of allylic oxidation sites excluding steroid dienone is 8. The highest BCUT2D eigenvalue weighted by Crippen LogP contribution is 2.20. The van der Waals surface area contributed by atoms with Gasteiger partial charge < -0.3 is 0 Å². The van der Waals surface area contributed by atoms with Crippen LogP contribution in [0, 0.1) is 0 Å². The Balaban J connectivity index is 0.000000921. The lowest BCUT2D eigenvalue weighted by atomic mass is 10.1. The maximum Gasteiger partial charge on any atom is 0.122 e. The highest BCUT2D eigenvalue weighted by atomic mass is 19.1. The summed E-state index contributed by atoms with van der Waals surface area (Å²) >= 11 is 0. The van der Waals surface area contributed by atoms with E-state index in [0.717, 1.165) is 0 Å². The second kappa shape index (κ2) is 8.16. The van der Waals surface area contributed by atoms with E-state index in [1.165, 1.54) is 24.3 Å². The van der Waals surface area contributed by atoms with Crippen LogP contribution in [0.15, 0.2) is 47.6 Å². The lowest BCUT2D eigenvalue weighted by Crippen LogP contribution is -1.81. The average molecular weight is 212 g/mol. The van der Waals surface area contributed by atoms with Crippen LogP contribution in [-0.2, 0) is 0 Å². The van der Waals surface area contributed by atoms with Crippen LogP contribution in [0.3, 0.4) is 0 Å². The third-order valence-electron chi connectivity index (χ3n) is 1.75. The standard InChI is InChI=1S/C11H12F2.C2H6/c1-2-4-11(13)9-5-3-6-10(12)8-7-9;1-2/h3-4,6-8H,2,5H2,1H3;1-2H3/b11-4-;. The van der Waals surface area contributed by atoms with Crippen molar-refractivity contribution in [3.8, 4) is 0 Å². The Bertz CT molecular complexity index is 294. The lowest BCUT2D eigenvalue weighted by molar-refractivity contribution is 0.641. The van der Waals surface area contributed by atoms with Crippen LogP contribution in [0.25, 0.3) is 0 Å². The van der Waals surface area contributed by atoms with E-state index < -0.39 is 0 Å². The molecule has 1 rings (SSSR count). The summed E-state index contributed by atoms with van der Waals surface area (Å²) in [6.07, 6.45) is 8.33. The van der Waals surface area contributed by atoms with Gasteiger partial charge in [-0.1, -0.05) is 32.9 Å². The van der Waals surface area contributed by atoms with E-state index in [9.17, 15) is 8.78 Å². The fourth-order valence-electron chi connectivity index (χ4n) is 1.09. The quantitative estimate of drug-likeness (QED) is 0.603. The van der Waals surface area contributed by atoms with E-state index in [2.05, 4.69) is 0 Å². The molecule has 0 saturated heterocycles. The predicted molar refractivity (Wildman–Crippen MR) is 61.9 cm³/mol. The minimum Gasteiger partial charge on any atom is -0.207 e. The fraction of sp³-hybridized carbons (Fsp3) is 0.385. The third kappa shape index (κ3) is 5.31. The Morgan fingerprint density at radius 1 is 1.40 bits per heavy atom. The molecule has 0 spiro atoms. The number of hydrogen-bond acceptors (Lipinski definition) is 0. The topological polar surface area (TPSA) is 0 Å². The Kier molecular flexibility index (Phi) is 7.51. The molecule has 0 amide bonds. The molecule has 0 bridgehead atoms. The fourth-order valence-corrected chi connectivity index (χ4v) is 1.09. The van der Waals surface area contributed by atoms with E-state index in [4.69, 9.17) is 0 Å². The Morgan fingerprint density at radius 2 is 2.07 bits per heavy atom. The van der Waals surface area contributed by atoms with Gasteiger partial charge in [-0.05, 0) is 36.6 Å². The molecule has 0 heterocycles. The summed E-state index contributed by atoms with van der Waals surface area (Å²) in [5.41, 5.74) is 0.533. The molecule has 0 N–H and O–H groups in total. The van der Waals surface area contributed by atoms with E-state index >= 15 is 0 Å². The molecule has 0 saturated carbocycles. The first-order chi connectivity index (χ1) is 7.24. The average Bonchev–Trinajstić information content (AvgIpc) is 2.46. The van der Waals surface area contributed by atoms with Crippen molar-refractivity contribution in [1.82, 2.24) is 0 Å². The van der Waals surface area contributed by atoms with E-state index in [1.807, 2.05) is 20.8 Å². The second-order valence-electron chi connectivity index (χ2n) is 2.81. The molecule has 0 fully saturated rings. The smallest absolute Gasteiger partial charge is 0.122 e. The minimum absolute atomic E-state index is 0.252. The van der Waals surface area contributed by atoms with E-state index in [0.29, 0.717) is 18.4 Å². The van der Waals surface area contributed by atoms with Gasteiger partial charge in [-0.3, -0.25) is 0 Å². The molecular weight excluding hydrogens is 194 g/mol. The van der Waals surface area contributed by atoms with Gasteiger partial charge in [0.25, 0.3) is 0 Å². The number of halogens is 2. The molecule has 1 aliphatic rings. The lowest BCUT2D eigenvalue weighted by Gasteiger charge is -1.98. The highest BCUT2D eigenvalue weighted by molar-refractivity contribution is 5.35. The van der Waals surface area contributed by atoms with Crippen LogP contribution in [0.1, 0.15) is 33.6 Å². The molecule has 0 aromatic heterocycles. The second-order valence-corrected chi connectivity index (χ2v) is 2.81. The van der Waals surface area contributed by atoms with E-state index in [1.54, 1.807) is 6.08 Å². The van der Waals surface area contributed by atoms with Crippen LogP contribution in [0.2, 0.25) is 0 Å². The molecular formula is C13H18F2. The molecule has 1 aliphatic carbocycles. The van der Waals surface area contributed by atoms with Crippen molar-refractivity contribution in [3.63, 3.8) is 0 Å². The monoisotopic (exact) mass is 212 g/mol. The van der Waals surface area contributed by atoms with Crippen LogP contribution in [0.4, 0.5) is 8.78 Å². The number of rotatable bonds is 2. The summed E-state index contributed by atoms with van der Waals surface area (Å²) in [4.78, 5) is 0. The summed E-state index contributed by atoms with van der Waals surface area (Å²) in [5, 5.41) is 0. The Labute approximate surface area is 90.7 Å². The first kappa shape index (κ1) is 13.8. The highest BCUT2D eigenvalue weighted by Gasteiger charge is 2.03. The van der Waals surface area contributed by atoms with Gasteiger partial charge in [0, 0.05) is 0 Å². The van der Waals surface area contributed by atoms with Gasteiger partial charge in [0.15, 0.2) is 0 Å². The summed E-state index contributed by atoms with van der Waals surface area (Å²) in [5.74, 6) is -0.586. The van der Waals surface area contributed by atoms with Crippen molar-refractivity contribution in [1.29, 1.82) is 0 Å². The van der Waals surface area contributed by atoms with Crippen molar-refractivity contribution in [2.24, 2.45) is 0 Å². The normalized spacial score (nSPS) is 15.9. The van der Waals surface area contributed by atoms with Gasteiger partial charge >= 0.3 is 0 Å². The van der Waals surface area contributed by atoms with Crippen molar-refractivity contribution in [2.75, 3.05) is 0 Å². The number of hydrogen-bond donors (Lipinski definition) is 0. The molecule has 0 aliphatic heterocycles. The first-order valence-electron chi connectivity index (χ1n) is 5.33. The molecule has 0 nitrogen and oxygen atoms in total. The third-order valence-corrected chi connectivity index (χ3v) is 1.75. The first-order valence-corrected chi connectivity index (χ1v) is 5.33. The summed E-state index contributed by atoms with van der Waals surface area (Å²) < 4.78 is 25.9. The minimum atomic E-state index is -0.334. The molecule has 0 atom stereocenters. The molecule has 2 heteroatoms. The SMILES string of the molecule is CC.CC/C=C(\F)C1=CC=C(F)C=CC1. The van der Waals surface area contributed by atoms with Crippen molar-refractivity contribution >= 4 is 0 Å². The van der Waals surface area contributed by atoms with Gasteiger partial charge in [-0.2, -0.15) is 0 Å². The molecule has 84 valence electrons. The van der Waals surface area contributed by atoms with Crippen molar-refractivity contribution < 1.29 is 8.78 Å². The van der Waals surface area contributed by atoms with Gasteiger partial charge in [-0.25, -0.2) is 8.78 Å². The molecule has 15 heavy (non-hydrogen) atoms. The van der Waals surface area contributed by atoms with Crippen LogP contribution in [0.5, 0.6) is 0 Å². The summed E-state index contributed by atoms with van der Waals surface area (Å²) in [7, 11) is 0. The maximum atomic E-state index is 13.2. The predicted octanol–water partition coefficient (Wildman–Crippen LogP) is 5.02. The maximum absolute atomic E-state index is 13.2.